The van der Waals surface area contributed by atoms with E-state index in [4.69, 9.17) is 4.74 Å². The number of aromatic nitrogens is 1. The second-order valence-electron chi connectivity index (χ2n) is 9.33. The molecule has 4 rings (SSSR count). The molecule has 1 aromatic heterocycles. The van der Waals surface area contributed by atoms with Crippen LogP contribution in [0, 0.1) is 0 Å². The number of carbonyl (C=O) groups excluding carboxylic acids is 3. The lowest BCUT2D eigenvalue weighted by Crippen LogP contribution is -2.49. The number of likely N-dealkylation sites (tertiary alicyclic amines) is 1. The molecule has 0 saturated carbocycles. The third-order valence-corrected chi connectivity index (χ3v) is 6.01. The highest BCUT2D eigenvalue weighted by atomic mass is 16.6. The Bertz CT molecular complexity index is 1030. The van der Waals surface area contributed by atoms with Crippen LogP contribution >= 0.6 is 0 Å². The second-order valence-corrected chi connectivity index (χ2v) is 9.33. The predicted octanol–water partition coefficient (Wildman–Crippen LogP) is 3.74. The van der Waals surface area contributed by atoms with E-state index in [0.717, 1.165) is 29.4 Å². The number of carbonyl (C=O) groups is 3. The van der Waals surface area contributed by atoms with Crippen LogP contribution in [0.2, 0.25) is 0 Å². The molecule has 1 aromatic carbocycles. The van der Waals surface area contributed by atoms with E-state index in [1.165, 1.54) is 5.69 Å². The van der Waals surface area contributed by atoms with Crippen molar-refractivity contribution in [2.45, 2.75) is 51.6 Å². The molecule has 166 valence electrons. The zero-order valence-corrected chi connectivity index (χ0v) is 18.6. The summed E-state index contributed by atoms with van der Waals surface area (Å²) >= 11 is 0. The molecule has 2 aliphatic rings. The topological polar surface area (TPSA) is 83.9 Å². The van der Waals surface area contributed by atoms with Gasteiger partial charge in [0.15, 0.2) is 0 Å². The number of anilines is 1. The number of nitrogens with zero attached hydrogens (tertiary/aromatic N) is 3. The van der Waals surface area contributed by atoms with Crippen molar-refractivity contribution in [2.75, 3.05) is 24.5 Å². The Morgan fingerprint density at radius 2 is 1.84 bits per heavy atom. The first kappa shape index (κ1) is 21.2. The molecule has 8 nitrogen and oxygen atoms in total. The quantitative estimate of drug-likeness (QED) is 0.793. The zero-order chi connectivity index (χ0) is 22.3. The number of piperidine rings is 1. The summed E-state index contributed by atoms with van der Waals surface area (Å²) in [6.07, 6.45) is 1.76. The SMILES string of the molecule is Cn1c(C2CCN(C(=O)OC(C)(C)C)CC2)cc2c(N3CCC(=O)NC3=O)cccc21. The van der Waals surface area contributed by atoms with Crippen molar-refractivity contribution in [3.8, 4) is 0 Å². The molecule has 0 aliphatic carbocycles. The number of amides is 4. The highest BCUT2D eigenvalue weighted by molar-refractivity contribution is 6.09. The van der Waals surface area contributed by atoms with Gasteiger partial charge in [0.25, 0.3) is 0 Å². The maximum absolute atomic E-state index is 12.4. The monoisotopic (exact) mass is 426 g/mol. The van der Waals surface area contributed by atoms with Gasteiger partial charge in [-0.3, -0.25) is 15.0 Å². The number of ether oxygens (including phenoxy) is 1. The smallest absolute Gasteiger partial charge is 0.410 e. The van der Waals surface area contributed by atoms with Gasteiger partial charge in [0.2, 0.25) is 5.91 Å². The van der Waals surface area contributed by atoms with Crippen LogP contribution in [-0.4, -0.2) is 52.7 Å². The van der Waals surface area contributed by atoms with Crippen LogP contribution in [0.3, 0.4) is 0 Å². The van der Waals surface area contributed by atoms with Gasteiger partial charge in [0.05, 0.1) is 11.2 Å². The summed E-state index contributed by atoms with van der Waals surface area (Å²) in [5, 5.41) is 3.40. The minimum atomic E-state index is -0.495. The third kappa shape index (κ3) is 4.24. The Labute approximate surface area is 182 Å². The van der Waals surface area contributed by atoms with Crippen molar-refractivity contribution in [1.82, 2.24) is 14.8 Å². The molecule has 0 atom stereocenters. The van der Waals surface area contributed by atoms with E-state index in [1.54, 1.807) is 9.80 Å². The number of imide groups is 1. The van der Waals surface area contributed by atoms with Crippen LogP contribution in [0.4, 0.5) is 15.3 Å². The van der Waals surface area contributed by atoms with E-state index in [0.29, 0.717) is 32.0 Å². The molecule has 1 N–H and O–H groups in total. The standard InChI is InChI=1S/C23H30N4O4/c1-23(2,3)31-22(30)26-11-8-15(9-12-26)19-14-16-17(25(19)4)6-5-7-18(16)27-13-10-20(28)24-21(27)29/h5-7,14-15H,8-13H2,1-4H3,(H,24,28,29). The van der Waals surface area contributed by atoms with E-state index in [-0.39, 0.29) is 18.0 Å². The lowest BCUT2D eigenvalue weighted by atomic mass is 9.93. The van der Waals surface area contributed by atoms with Gasteiger partial charge in [-0.15, -0.1) is 0 Å². The largest absolute Gasteiger partial charge is 0.444 e. The van der Waals surface area contributed by atoms with Crippen LogP contribution in [0.5, 0.6) is 0 Å². The van der Waals surface area contributed by atoms with Crippen LogP contribution in [0.15, 0.2) is 24.3 Å². The lowest BCUT2D eigenvalue weighted by molar-refractivity contribution is -0.120. The van der Waals surface area contributed by atoms with Gasteiger partial charge in [-0.1, -0.05) is 6.07 Å². The lowest BCUT2D eigenvalue weighted by Gasteiger charge is -2.33. The van der Waals surface area contributed by atoms with Gasteiger partial charge in [-0.2, -0.15) is 0 Å². The molecule has 3 heterocycles. The van der Waals surface area contributed by atoms with Gasteiger partial charge >= 0.3 is 12.1 Å². The number of nitrogens with one attached hydrogen (secondary N) is 1. The molecule has 2 aromatic rings. The van der Waals surface area contributed by atoms with Gasteiger partial charge in [0.1, 0.15) is 5.60 Å². The first-order chi connectivity index (χ1) is 14.6. The summed E-state index contributed by atoms with van der Waals surface area (Å²) in [5.41, 5.74) is 2.56. The highest BCUT2D eigenvalue weighted by Gasteiger charge is 2.30. The third-order valence-electron chi connectivity index (χ3n) is 6.01. The van der Waals surface area contributed by atoms with E-state index in [1.807, 2.05) is 46.0 Å². The Balaban J connectivity index is 1.55. The average molecular weight is 427 g/mol. The maximum atomic E-state index is 12.4. The number of hydrogen-bond donors (Lipinski definition) is 1. The van der Waals surface area contributed by atoms with Gasteiger partial charge in [0, 0.05) is 50.1 Å². The Hall–Kier alpha value is -3.03. The number of benzene rings is 1. The first-order valence-electron chi connectivity index (χ1n) is 10.8. The molecule has 0 unspecified atom stereocenters. The van der Waals surface area contributed by atoms with Crippen LogP contribution in [0.25, 0.3) is 10.9 Å². The predicted molar refractivity (Wildman–Crippen MR) is 118 cm³/mol. The number of aryl methyl sites for hydroxylation is 1. The molecular weight excluding hydrogens is 396 g/mol. The van der Waals surface area contributed by atoms with Crippen LogP contribution in [-0.2, 0) is 16.6 Å². The van der Waals surface area contributed by atoms with Crippen molar-refractivity contribution in [3.05, 3.63) is 30.0 Å². The van der Waals surface area contributed by atoms with Crippen molar-refractivity contribution in [1.29, 1.82) is 0 Å². The fraction of sp³-hybridized carbons (Fsp3) is 0.522. The van der Waals surface area contributed by atoms with Gasteiger partial charge < -0.3 is 14.2 Å². The van der Waals surface area contributed by atoms with Crippen molar-refractivity contribution in [2.24, 2.45) is 7.05 Å². The van der Waals surface area contributed by atoms with Crippen molar-refractivity contribution >= 4 is 34.6 Å². The molecule has 0 bridgehead atoms. The number of fused-ring (bicyclic) bond motifs is 1. The Kier molecular flexibility index (Phi) is 5.41. The zero-order valence-electron chi connectivity index (χ0n) is 18.6. The van der Waals surface area contributed by atoms with Crippen LogP contribution < -0.4 is 10.2 Å². The molecule has 31 heavy (non-hydrogen) atoms. The molecule has 2 saturated heterocycles. The molecule has 4 amide bonds. The number of hydrogen-bond acceptors (Lipinski definition) is 4. The Morgan fingerprint density at radius 1 is 1.13 bits per heavy atom. The molecule has 2 fully saturated rings. The molecule has 2 aliphatic heterocycles. The number of rotatable bonds is 2. The van der Waals surface area contributed by atoms with Gasteiger partial charge in [-0.25, -0.2) is 9.59 Å². The summed E-state index contributed by atoms with van der Waals surface area (Å²) in [6, 6.07) is 7.69. The second kappa shape index (κ2) is 7.90. The van der Waals surface area contributed by atoms with E-state index in [9.17, 15) is 14.4 Å². The maximum Gasteiger partial charge on any atom is 0.410 e. The average Bonchev–Trinajstić information content (AvgIpc) is 3.04. The Morgan fingerprint density at radius 3 is 2.48 bits per heavy atom. The molecule has 0 spiro atoms. The molecule has 0 radical (unpaired) electrons. The fourth-order valence-corrected chi connectivity index (χ4v) is 4.47. The minimum Gasteiger partial charge on any atom is -0.444 e. The fourth-order valence-electron chi connectivity index (χ4n) is 4.47. The summed E-state index contributed by atoms with van der Waals surface area (Å²) in [5.74, 6) is 0.0830. The van der Waals surface area contributed by atoms with Crippen molar-refractivity contribution in [3.63, 3.8) is 0 Å². The normalized spacial score (nSPS) is 18.5. The number of urea groups is 1. The highest BCUT2D eigenvalue weighted by Crippen LogP contribution is 2.36. The van der Waals surface area contributed by atoms with Gasteiger partial charge in [-0.05, 0) is 51.8 Å². The molecule has 8 heteroatoms. The van der Waals surface area contributed by atoms with E-state index < -0.39 is 5.60 Å². The summed E-state index contributed by atoms with van der Waals surface area (Å²) in [4.78, 5) is 39.7. The van der Waals surface area contributed by atoms with Crippen molar-refractivity contribution < 1.29 is 19.1 Å². The molecular formula is C23H30N4O4. The van der Waals surface area contributed by atoms with E-state index >= 15 is 0 Å². The summed E-state index contributed by atoms with van der Waals surface area (Å²) in [7, 11) is 2.04. The minimum absolute atomic E-state index is 0.237. The summed E-state index contributed by atoms with van der Waals surface area (Å²) < 4.78 is 7.69. The summed E-state index contributed by atoms with van der Waals surface area (Å²) in [6.45, 7) is 7.33. The van der Waals surface area contributed by atoms with Crippen LogP contribution in [0.1, 0.15) is 51.6 Å². The van der Waals surface area contributed by atoms with E-state index in [2.05, 4.69) is 16.0 Å². The first-order valence-corrected chi connectivity index (χ1v) is 10.8.